The number of ketones is 1. The summed E-state index contributed by atoms with van der Waals surface area (Å²) in [6, 6.07) is -3.93. The second-order valence-electron chi connectivity index (χ2n) is 13.2. The van der Waals surface area contributed by atoms with Gasteiger partial charge in [0.25, 0.3) is 11.8 Å². The zero-order valence-corrected chi connectivity index (χ0v) is 28.7. The summed E-state index contributed by atoms with van der Waals surface area (Å²) in [5.41, 5.74) is -0.707. The van der Waals surface area contributed by atoms with E-state index in [0.717, 1.165) is 30.8 Å². The Morgan fingerprint density at radius 1 is 1.04 bits per heavy atom. The number of carbonyl (C=O) groups is 6. The van der Waals surface area contributed by atoms with Crippen LogP contribution in [0.4, 0.5) is 0 Å². The SMILES string of the molecule is CCCC(NC(=O)[C@@H]1CC2(CN1C(=O)[C@@H](NC(=O)[C@H](C)NC(=O)c1cnccn1)C(C)(C)C)SCCCS2)C(=O)C(=O)NC1CC1. The Bertz CT molecular complexity index is 1310. The summed E-state index contributed by atoms with van der Waals surface area (Å²) in [5, 5.41) is 10.9. The number of rotatable bonds is 12. The summed E-state index contributed by atoms with van der Waals surface area (Å²) in [5.74, 6) is -1.68. The molecule has 0 bridgehead atoms. The van der Waals surface area contributed by atoms with Crippen molar-refractivity contribution in [3.05, 3.63) is 24.3 Å². The molecule has 15 heteroatoms. The summed E-state index contributed by atoms with van der Waals surface area (Å²) < 4.78 is -0.409. The molecule has 3 fully saturated rings. The van der Waals surface area contributed by atoms with Crippen LogP contribution in [-0.4, -0.2) is 103 Å². The van der Waals surface area contributed by atoms with Crippen LogP contribution in [0.3, 0.4) is 0 Å². The highest BCUT2D eigenvalue weighted by molar-refractivity contribution is 8.18. The standard InChI is InChI=1S/C31H45N7O6S2/c1-6-8-20(23(39)28(43)35-19-9-10-19)36-27(42)22-15-31(45-13-7-14-46-31)17-38(22)29(44)24(30(3,4)5)37-25(40)18(2)34-26(41)21-16-32-11-12-33-21/h11-12,16,18-20,22,24H,6-10,13-15,17H2,1-5H3,(H,34,41)(H,35,43)(H,36,42)(H,37,40)/t18-,20?,22-,24+/m0/s1. The van der Waals surface area contributed by atoms with Gasteiger partial charge in [0.05, 0.1) is 16.3 Å². The highest BCUT2D eigenvalue weighted by atomic mass is 32.2. The normalized spacial score (nSPS) is 21.1. The van der Waals surface area contributed by atoms with Crippen LogP contribution < -0.4 is 21.3 Å². The van der Waals surface area contributed by atoms with E-state index in [-0.39, 0.29) is 24.7 Å². The van der Waals surface area contributed by atoms with Gasteiger partial charge in [-0.3, -0.25) is 33.8 Å². The molecule has 46 heavy (non-hydrogen) atoms. The van der Waals surface area contributed by atoms with Crippen molar-refractivity contribution in [2.75, 3.05) is 18.1 Å². The molecule has 1 spiro atoms. The largest absolute Gasteiger partial charge is 0.347 e. The van der Waals surface area contributed by atoms with Crippen molar-refractivity contribution in [2.45, 2.75) is 107 Å². The van der Waals surface area contributed by atoms with Crippen LogP contribution in [0.1, 0.15) is 83.6 Å². The van der Waals surface area contributed by atoms with Crippen LogP contribution >= 0.6 is 23.5 Å². The number of likely N-dealkylation sites (tertiary alicyclic amines) is 1. The fourth-order valence-electron chi connectivity index (χ4n) is 5.43. The lowest BCUT2D eigenvalue weighted by Gasteiger charge is -2.37. The average molecular weight is 676 g/mol. The van der Waals surface area contributed by atoms with E-state index in [2.05, 4.69) is 31.2 Å². The number of Topliss-reactive ketones (excluding diaryl/α,β-unsaturated/α-hetero) is 1. The zero-order valence-electron chi connectivity index (χ0n) is 27.1. The molecule has 0 radical (unpaired) electrons. The first-order valence-electron chi connectivity index (χ1n) is 15.9. The molecule has 4 rings (SSSR count). The highest BCUT2D eigenvalue weighted by Crippen LogP contribution is 2.50. The van der Waals surface area contributed by atoms with Gasteiger partial charge in [-0.1, -0.05) is 34.1 Å². The van der Waals surface area contributed by atoms with Crippen LogP contribution in [0.15, 0.2) is 18.6 Å². The van der Waals surface area contributed by atoms with Crippen molar-refractivity contribution in [1.82, 2.24) is 36.1 Å². The third kappa shape index (κ3) is 8.99. The van der Waals surface area contributed by atoms with E-state index in [1.165, 1.54) is 30.4 Å². The van der Waals surface area contributed by atoms with Gasteiger partial charge in [-0.05, 0) is 49.5 Å². The Hall–Kier alpha value is -3.20. The molecule has 0 aromatic carbocycles. The number of amides is 5. The third-order valence-electron chi connectivity index (χ3n) is 8.18. The molecule has 5 amide bonds. The van der Waals surface area contributed by atoms with Crippen molar-refractivity contribution in [3.8, 4) is 0 Å². The second-order valence-corrected chi connectivity index (χ2v) is 16.4. The first kappa shape index (κ1) is 35.7. The van der Waals surface area contributed by atoms with Crippen molar-refractivity contribution in [1.29, 1.82) is 0 Å². The van der Waals surface area contributed by atoms with E-state index in [1.807, 2.05) is 27.7 Å². The Morgan fingerprint density at radius 2 is 1.74 bits per heavy atom. The highest BCUT2D eigenvalue weighted by Gasteiger charge is 2.53. The maximum atomic E-state index is 14.4. The van der Waals surface area contributed by atoms with Crippen LogP contribution in [0, 0.1) is 5.41 Å². The summed E-state index contributed by atoms with van der Waals surface area (Å²) >= 11 is 3.45. The Balaban J connectivity index is 1.53. The van der Waals surface area contributed by atoms with E-state index < -0.39 is 69.0 Å². The second kappa shape index (κ2) is 15.1. The van der Waals surface area contributed by atoms with Crippen LogP contribution in [0.2, 0.25) is 0 Å². The van der Waals surface area contributed by atoms with E-state index in [9.17, 15) is 28.8 Å². The summed E-state index contributed by atoms with van der Waals surface area (Å²) in [6.45, 7) is 9.12. The average Bonchev–Trinajstić information content (AvgIpc) is 3.77. The fraction of sp³-hybridized carbons (Fsp3) is 0.677. The van der Waals surface area contributed by atoms with E-state index >= 15 is 0 Å². The maximum Gasteiger partial charge on any atom is 0.289 e. The zero-order chi connectivity index (χ0) is 33.6. The summed E-state index contributed by atoms with van der Waals surface area (Å²) in [6.07, 6.45) is 8.00. The minimum Gasteiger partial charge on any atom is -0.347 e. The van der Waals surface area contributed by atoms with E-state index in [4.69, 9.17) is 0 Å². The molecule has 1 unspecified atom stereocenters. The molecule has 2 saturated heterocycles. The topological polar surface area (TPSA) is 180 Å². The van der Waals surface area contributed by atoms with Crippen LogP contribution in [-0.2, 0) is 24.0 Å². The Kier molecular flexibility index (Phi) is 11.7. The molecule has 1 aliphatic carbocycles. The third-order valence-corrected chi connectivity index (χ3v) is 11.5. The van der Waals surface area contributed by atoms with Crippen molar-refractivity contribution < 1.29 is 28.8 Å². The monoisotopic (exact) mass is 675 g/mol. The number of aromatic nitrogens is 2. The van der Waals surface area contributed by atoms with Gasteiger partial charge in [-0.2, -0.15) is 0 Å². The van der Waals surface area contributed by atoms with Crippen molar-refractivity contribution in [2.24, 2.45) is 5.41 Å². The maximum absolute atomic E-state index is 14.4. The number of nitrogens with one attached hydrogen (secondary N) is 4. The molecule has 13 nitrogen and oxygen atoms in total. The molecule has 1 aromatic heterocycles. The predicted molar refractivity (Wildman–Crippen MR) is 176 cm³/mol. The number of hydrogen-bond donors (Lipinski definition) is 4. The Morgan fingerprint density at radius 3 is 2.33 bits per heavy atom. The van der Waals surface area contributed by atoms with Crippen molar-refractivity contribution in [3.63, 3.8) is 0 Å². The van der Waals surface area contributed by atoms with Crippen LogP contribution in [0.25, 0.3) is 0 Å². The first-order chi connectivity index (χ1) is 21.7. The lowest BCUT2D eigenvalue weighted by atomic mass is 9.85. The van der Waals surface area contributed by atoms with Crippen molar-refractivity contribution >= 4 is 58.8 Å². The molecule has 4 N–H and O–H groups in total. The molecule has 2 aliphatic heterocycles. The van der Waals surface area contributed by atoms with E-state index in [0.29, 0.717) is 12.8 Å². The van der Waals surface area contributed by atoms with E-state index in [1.54, 1.807) is 23.5 Å². The molecular formula is C31H45N7O6S2. The number of thioether (sulfide) groups is 2. The number of nitrogens with zero attached hydrogens (tertiary/aromatic N) is 3. The number of carbonyl (C=O) groups excluding carboxylic acids is 6. The fourth-order valence-corrected chi connectivity index (χ4v) is 8.78. The smallest absolute Gasteiger partial charge is 0.289 e. The lowest BCUT2D eigenvalue weighted by Crippen LogP contribution is -2.60. The molecular weight excluding hydrogens is 631 g/mol. The van der Waals surface area contributed by atoms with Gasteiger partial charge < -0.3 is 26.2 Å². The molecule has 4 atom stereocenters. The molecule has 3 heterocycles. The van der Waals surface area contributed by atoms with Gasteiger partial charge in [-0.25, -0.2) is 4.98 Å². The van der Waals surface area contributed by atoms with Crippen LogP contribution in [0.5, 0.6) is 0 Å². The summed E-state index contributed by atoms with van der Waals surface area (Å²) in [7, 11) is 0. The minimum atomic E-state index is -1.03. The predicted octanol–water partition coefficient (Wildman–Crippen LogP) is 1.43. The minimum absolute atomic E-state index is 0.00479. The van der Waals surface area contributed by atoms with Gasteiger partial charge in [0.1, 0.15) is 23.8 Å². The van der Waals surface area contributed by atoms with Gasteiger partial charge in [-0.15, -0.1) is 23.5 Å². The van der Waals surface area contributed by atoms with Gasteiger partial charge in [0.2, 0.25) is 23.5 Å². The van der Waals surface area contributed by atoms with Gasteiger partial charge >= 0.3 is 0 Å². The molecule has 1 aromatic rings. The number of hydrogen-bond acceptors (Lipinski definition) is 10. The lowest BCUT2D eigenvalue weighted by molar-refractivity contribution is -0.145. The quantitative estimate of drug-likeness (QED) is 0.237. The summed E-state index contributed by atoms with van der Waals surface area (Å²) in [4.78, 5) is 89.2. The van der Waals surface area contributed by atoms with Gasteiger partial charge in [0.15, 0.2) is 0 Å². The van der Waals surface area contributed by atoms with Gasteiger partial charge in [0, 0.05) is 31.4 Å². The Labute approximate surface area is 278 Å². The first-order valence-corrected chi connectivity index (χ1v) is 17.8. The molecule has 252 valence electrons. The molecule has 3 aliphatic rings. The molecule has 1 saturated carbocycles.